The van der Waals surface area contributed by atoms with Crippen LogP contribution in [0.2, 0.25) is 0 Å². The maximum absolute atomic E-state index is 10.7. The minimum absolute atomic E-state index is 0.798. The van der Waals surface area contributed by atoms with Crippen LogP contribution in [0.1, 0.15) is 26.4 Å². The third-order valence-electron chi connectivity index (χ3n) is 2.54. The number of thiophene rings is 1. The summed E-state index contributed by atoms with van der Waals surface area (Å²) in [5, 5.41) is 0. The highest BCUT2D eigenvalue weighted by atomic mass is 32.1. The van der Waals surface area contributed by atoms with Gasteiger partial charge in [0.2, 0.25) is 0 Å². The van der Waals surface area contributed by atoms with Gasteiger partial charge >= 0.3 is 0 Å². The zero-order valence-corrected chi connectivity index (χ0v) is 10.5. The van der Waals surface area contributed by atoms with Gasteiger partial charge in [0.25, 0.3) is 0 Å². The fraction of sp³-hybridized carbons (Fsp3) is 0.214. The molecule has 1 heterocycles. The fourth-order valence-corrected chi connectivity index (χ4v) is 2.93. The lowest BCUT2D eigenvalue weighted by Gasteiger charge is -2.03. The summed E-state index contributed by atoms with van der Waals surface area (Å²) in [5.74, 6) is 0. The van der Waals surface area contributed by atoms with Crippen molar-refractivity contribution >= 4 is 17.6 Å². The van der Waals surface area contributed by atoms with Gasteiger partial charge in [-0.1, -0.05) is 29.3 Å². The molecule has 82 valence electrons. The average molecular weight is 230 g/mol. The second kappa shape index (κ2) is 4.22. The summed E-state index contributed by atoms with van der Waals surface area (Å²) in [6, 6.07) is 8.44. The van der Waals surface area contributed by atoms with Crippen LogP contribution in [0.3, 0.4) is 0 Å². The summed E-state index contributed by atoms with van der Waals surface area (Å²) in [6.45, 7) is 6.25. The van der Waals surface area contributed by atoms with Gasteiger partial charge in [-0.15, -0.1) is 11.3 Å². The van der Waals surface area contributed by atoms with Crippen molar-refractivity contribution in [2.75, 3.05) is 0 Å². The second-order valence-electron chi connectivity index (χ2n) is 4.16. The average Bonchev–Trinajstić information content (AvgIpc) is 2.58. The van der Waals surface area contributed by atoms with Crippen molar-refractivity contribution in [3.05, 3.63) is 45.8 Å². The van der Waals surface area contributed by atoms with Crippen molar-refractivity contribution < 1.29 is 4.79 Å². The molecule has 0 amide bonds. The van der Waals surface area contributed by atoms with E-state index < -0.39 is 0 Å². The number of aldehydes is 1. The third kappa shape index (κ3) is 2.07. The lowest BCUT2D eigenvalue weighted by atomic mass is 10.0. The summed E-state index contributed by atoms with van der Waals surface area (Å²) in [5.41, 5.74) is 4.91. The highest BCUT2D eigenvalue weighted by Crippen LogP contribution is 2.32. The number of carbonyl (C=O) groups is 1. The van der Waals surface area contributed by atoms with Crippen LogP contribution < -0.4 is 0 Å². The summed E-state index contributed by atoms with van der Waals surface area (Å²) in [6.07, 6.45) is 0.920. The fourth-order valence-electron chi connectivity index (χ4n) is 1.96. The number of benzene rings is 1. The molecule has 0 fully saturated rings. The Balaban J connectivity index is 2.57. The molecular weight excluding hydrogens is 216 g/mol. The Labute approximate surface area is 99.8 Å². The van der Waals surface area contributed by atoms with E-state index >= 15 is 0 Å². The van der Waals surface area contributed by atoms with Gasteiger partial charge in [-0.25, -0.2) is 0 Å². The molecule has 0 aliphatic carbocycles. The van der Waals surface area contributed by atoms with Crippen LogP contribution in [0.5, 0.6) is 0 Å². The van der Waals surface area contributed by atoms with Gasteiger partial charge in [-0.3, -0.25) is 4.79 Å². The first-order valence-electron chi connectivity index (χ1n) is 5.24. The van der Waals surface area contributed by atoms with E-state index in [2.05, 4.69) is 39.0 Å². The van der Waals surface area contributed by atoms with Crippen LogP contribution in [0.15, 0.2) is 24.3 Å². The second-order valence-corrected chi connectivity index (χ2v) is 5.24. The number of aryl methyl sites for hydroxylation is 3. The SMILES string of the molecule is Cc1cc(C)cc(-c2sc(C=O)cc2C)c1. The maximum atomic E-state index is 10.7. The van der Waals surface area contributed by atoms with Crippen molar-refractivity contribution in [3.63, 3.8) is 0 Å². The molecule has 0 aliphatic rings. The van der Waals surface area contributed by atoms with E-state index in [0.717, 1.165) is 11.2 Å². The Kier molecular flexibility index (Phi) is 2.92. The van der Waals surface area contributed by atoms with Crippen molar-refractivity contribution in [1.82, 2.24) is 0 Å². The Morgan fingerprint density at radius 3 is 2.12 bits per heavy atom. The van der Waals surface area contributed by atoms with E-state index in [9.17, 15) is 4.79 Å². The predicted molar refractivity (Wildman–Crippen MR) is 69.4 cm³/mol. The molecule has 0 radical (unpaired) electrons. The Morgan fingerprint density at radius 2 is 1.62 bits per heavy atom. The monoisotopic (exact) mass is 230 g/mol. The van der Waals surface area contributed by atoms with E-state index in [4.69, 9.17) is 0 Å². The van der Waals surface area contributed by atoms with Crippen LogP contribution in [-0.4, -0.2) is 6.29 Å². The molecule has 0 spiro atoms. The van der Waals surface area contributed by atoms with E-state index in [1.165, 1.54) is 27.1 Å². The Hall–Kier alpha value is -1.41. The van der Waals surface area contributed by atoms with Crippen molar-refractivity contribution in [2.24, 2.45) is 0 Å². The molecule has 16 heavy (non-hydrogen) atoms. The predicted octanol–water partition coefficient (Wildman–Crippen LogP) is 4.15. The third-order valence-corrected chi connectivity index (χ3v) is 3.75. The molecule has 2 aromatic rings. The first-order chi connectivity index (χ1) is 7.60. The Bertz CT molecular complexity index is 517. The zero-order valence-electron chi connectivity index (χ0n) is 9.70. The topological polar surface area (TPSA) is 17.1 Å². The number of hydrogen-bond acceptors (Lipinski definition) is 2. The lowest BCUT2D eigenvalue weighted by molar-refractivity contribution is 0.112. The normalized spacial score (nSPS) is 10.4. The molecule has 0 N–H and O–H groups in total. The summed E-state index contributed by atoms with van der Waals surface area (Å²) in [7, 11) is 0. The van der Waals surface area contributed by atoms with E-state index in [1.54, 1.807) is 11.3 Å². The van der Waals surface area contributed by atoms with Gasteiger partial charge in [0.1, 0.15) is 0 Å². The van der Waals surface area contributed by atoms with Gasteiger partial charge in [-0.05, 0) is 38.0 Å². The van der Waals surface area contributed by atoms with Gasteiger partial charge in [0.15, 0.2) is 6.29 Å². The lowest BCUT2D eigenvalue weighted by Crippen LogP contribution is -1.81. The van der Waals surface area contributed by atoms with E-state index in [1.807, 2.05) is 6.07 Å². The van der Waals surface area contributed by atoms with Crippen LogP contribution in [-0.2, 0) is 0 Å². The van der Waals surface area contributed by atoms with Crippen LogP contribution in [0.4, 0.5) is 0 Å². The maximum Gasteiger partial charge on any atom is 0.160 e. The van der Waals surface area contributed by atoms with Gasteiger partial charge < -0.3 is 0 Å². The minimum Gasteiger partial charge on any atom is -0.297 e. The van der Waals surface area contributed by atoms with Gasteiger partial charge in [-0.2, -0.15) is 0 Å². The van der Waals surface area contributed by atoms with E-state index in [-0.39, 0.29) is 0 Å². The molecule has 1 aromatic carbocycles. The minimum atomic E-state index is 0.798. The van der Waals surface area contributed by atoms with Crippen molar-refractivity contribution in [3.8, 4) is 10.4 Å². The first kappa shape index (κ1) is 11.1. The number of carbonyl (C=O) groups excluding carboxylic acids is 1. The smallest absolute Gasteiger partial charge is 0.160 e. The standard InChI is InChI=1S/C14H14OS/c1-9-4-10(2)6-12(5-9)14-11(3)7-13(8-15)16-14/h4-8H,1-3H3. The quantitative estimate of drug-likeness (QED) is 0.708. The van der Waals surface area contributed by atoms with Crippen LogP contribution in [0.25, 0.3) is 10.4 Å². The van der Waals surface area contributed by atoms with Gasteiger partial charge in [0.05, 0.1) is 4.88 Å². The largest absolute Gasteiger partial charge is 0.297 e. The molecule has 0 bridgehead atoms. The van der Waals surface area contributed by atoms with E-state index in [0.29, 0.717) is 0 Å². The van der Waals surface area contributed by atoms with Crippen LogP contribution in [0, 0.1) is 20.8 Å². The molecule has 1 nitrogen and oxygen atoms in total. The summed E-state index contributed by atoms with van der Waals surface area (Å²) in [4.78, 5) is 12.7. The summed E-state index contributed by atoms with van der Waals surface area (Å²) < 4.78 is 0. The molecule has 2 heteroatoms. The highest BCUT2D eigenvalue weighted by molar-refractivity contribution is 7.17. The molecule has 0 atom stereocenters. The van der Waals surface area contributed by atoms with Crippen molar-refractivity contribution in [1.29, 1.82) is 0 Å². The van der Waals surface area contributed by atoms with Crippen molar-refractivity contribution in [2.45, 2.75) is 20.8 Å². The molecule has 0 unspecified atom stereocenters. The first-order valence-corrected chi connectivity index (χ1v) is 6.06. The van der Waals surface area contributed by atoms with Crippen LogP contribution >= 0.6 is 11.3 Å². The molecule has 1 aromatic heterocycles. The molecule has 2 rings (SSSR count). The molecule has 0 aliphatic heterocycles. The highest BCUT2D eigenvalue weighted by Gasteiger charge is 2.08. The number of hydrogen-bond donors (Lipinski definition) is 0. The number of rotatable bonds is 2. The Morgan fingerprint density at radius 1 is 1.00 bits per heavy atom. The zero-order chi connectivity index (χ0) is 11.7. The molecule has 0 saturated heterocycles. The molecular formula is C14H14OS. The van der Waals surface area contributed by atoms with Gasteiger partial charge in [0, 0.05) is 4.88 Å². The molecule has 0 saturated carbocycles. The summed E-state index contributed by atoms with van der Waals surface area (Å²) >= 11 is 1.56.